The normalized spacial score (nSPS) is 25.9. The lowest BCUT2D eigenvalue weighted by atomic mass is 9.72. The number of nitro groups is 1. The van der Waals surface area contributed by atoms with Crippen molar-refractivity contribution in [2.24, 2.45) is 0 Å². The highest BCUT2D eigenvalue weighted by molar-refractivity contribution is 6.10. The average Bonchev–Trinajstić information content (AvgIpc) is 3.54. The summed E-state index contributed by atoms with van der Waals surface area (Å²) >= 11 is 0. The second-order valence-corrected chi connectivity index (χ2v) is 8.84. The number of hydrazine groups is 1. The van der Waals surface area contributed by atoms with Crippen LogP contribution < -0.4 is 4.90 Å². The molecule has 1 aromatic heterocycles. The molecule has 10 heteroatoms. The molecule has 3 aliphatic heterocycles. The molecule has 3 atom stereocenters. The number of benzene rings is 2. The third-order valence-electron chi connectivity index (χ3n) is 7.24. The molecule has 6 rings (SSSR count). The van der Waals surface area contributed by atoms with Crippen LogP contribution in [0.5, 0.6) is 0 Å². The Morgan fingerprint density at radius 1 is 1.12 bits per heavy atom. The van der Waals surface area contributed by atoms with Gasteiger partial charge in [0.05, 0.1) is 16.9 Å². The summed E-state index contributed by atoms with van der Waals surface area (Å²) in [4.78, 5) is 40.7. The van der Waals surface area contributed by atoms with Crippen molar-refractivity contribution in [3.63, 3.8) is 0 Å². The Kier molecular flexibility index (Phi) is 4.21. The lowest BCUT2D eigenvalue weighted by molar-refractivity contribution is -0.386. The molecule has 2 fully saturated rings. The summed E-state index contributed by atoms with van der Waals surface area (Å²) < 4.78 is 5.65. The summed E-state index contributed by atoms with van der Waals surface area (Å²) in [5.41, 5.74) is 0.435. The molecule has 4 heterocycles. The highest BCUT2D eigenvalue weighted by Gasteiger charge is 2.72. The number of rotatable bonds is 3. The molecular formula is C24H21N5O5. The number of aromatic nitrogens is 1. The van der Waals surface area contributed by atoms with Gasteiger partial charge in [0.2, 0.25) is 11.7 Å². The van der Waals surface area contributed by atoms with Gasteiger partial charge in [0.25, 0.3) is 5.91 Å². The Morgan fingerprint density at radius 3 is 2.56 bits per heavy atom. The van der Waals surface area contributed by atoms with Crippen molar-refractivity contribution in [2.75, 3.05) is 18.5 Å². The molecule has 0 saturated carbocycles. The first-order valence-electron chi connectivity index (χ1n) is 11.0. The number of amides is 2. The third-order valence-corrected chi connectivity index (χ3v) is 7.24. The lowest BCUT2D eigenvalue weighted by Gasteiger charge is -2.35. The van der Waals surface area contributed by atoms with E-state index in [2.05, 4.69) is 5.16 Å². The highest BCUT2D eigenvalue weighted by atomic mass is 16.6. The molecule has 2 amide bonds. The lowest BCUT2D eigenvalue weighted by Crippen LogP contribution is -2.54. The summed E-state index contributed by atoms with van der Waals surface area (Å²) in [6.07, 6.45) is 0.245. The number of likely N-dealkylation sites (N-methyl/N-ethyl adjacent to an activating group) is 1. The fourth-order valence-electron chi connectivity index (χ4n) is 5.98. The average molecular weight is 459 g/mol. The van der Waals surface area contributed by atoms with Crippen LogP contribution in [0.15, 0.2) is 59.1 Å². The first-order valence-corrected chi connectivity index (χ1v) is 11.0. The molecule has 1 spiro atoms. The van der Waals surface area contributed by atoms with Crippen LogP contribution in [-0.2, 0) is 15.1 Å². The predicted octanol–water partition coefficient (Wildman–Crippen LogP) is 3.05. The van der Waals surface area contributed by atoms with Crippen LogP contribution in [-0.4, -0.2) is 45.5 Å². The molecule has 0 N–H and O–H groups in total. The van der Waals surface area contributed by atoms with Crippen molar-refractivity contribution < 1.29 is 19.0 Å². The molecule has 172 valence electrons. The van der Waals surface area contributed by atoms with Gasteiger partial charge in [-0.1, -0.05) is 53.7 Å². The minimum Gasteiger partial charge on any atom is -0.353 e. The molecule has 0 bridgehead atoms. The van der Waals surface area contributed by atoms with E-state index in [-0.39, 0.29) is 35.4 Å². The Balaban J connectivity index is 1.73. The van der Waals surface area contributed by atoms with E-state index in [0.717, 1.165) is 5.56 Å². The second-order valence-electron chi connectivity index (χ2n) is 8.84. The number of hydrogen-bond donors (Lipinski definition) is 0. The number of carbonyl (C=O) groups excluding carboxylic acids is 2. The maximum absolute atomic E-state index is 14.2. The minimum absolute atomic E-state index is 0.00277. The van der Waals surface area contributed by atoms with Gasteiger partial charge in [-0.2, -0.15) is 0 Å². The quantitative estimate of drug-likeness (QED) is 0.437. The molecule has 3 aromatic rings. The zero-order valence-corrected chi connectivity index (χ0v) is 18.5. The molecule has 34 heavy (non-hydrogen) atoms. The monoisotopic (exact) mass is 459 g/mol. The summed E-state index contributed by atoms with van der Waals surface area (Å²) in [6.45, 7) is 1.89. The number of fused-ring (bicyclic) bond motifs is 4. The van der Waals surface area contributed by atoms with Gasteiger partial charge in [0, 0.05) is 31.3 Å². The van der Waals surface area contributed by atoms with E-state index in [4.69, 9.17) is 4.52 Å². The van der Waals surface area contributed by atoms with Crippen LogP contribution in [0.3, 0.4) is 0 Å². The first kappa shape index (κ1) is 20.5. The van der Waals surface area contributed by atoms with Gasteiger partial charge in [-0.05, 0) is 18.6 Å². The predicted molar refractivity (Wildman–Crippen MR) is 120 cm³/mol. The van der Waals surface area contributed by atoms with E-state index < -0.39 is 22.4 Å². The van der Waals surface area contributed by atoms with Crippen LogP contribution in [0.4, 0.5) is 11.4 Å². The van der Waals surface area contributed by atoms with Crippen LogP contribution in [0, 0.1) is 17.0 Å². The Labute approximate surface area is 194 Å². The maximum Gasteiger partial charge on any atom is 0.334 e. The Morgan fingerprint density at radius 2 is 1.82 bits per heavy atom. The van der Waals surface area contributed by atoms with Gasteiger partial charge in [0.1, 0.15) is 0 Å². The maximum atomic E-state index is 14.2. The van der Waals surface area contributed by atoms with Gasteiger partial charge in [0.15, 0.2) is 11.2 Å². The van der Waals surface area contributed by atoms with Gasteiger partial charge in [-0.15, -0.1) is 0 Å². The number of hydrogen-bond acceptors (Lipinski definition) is 7. The van der Waals surface area contributed by atoms with E-state index in [1.165, 1.54) is 16.8 Å². The topological polar surface area (TPSA) is 113 Å². The van der Waals surface area contributed by atoms with E-state index in [9.17, 15) is 19.7 Å². The Bertz CT molecular complexity index is 1350. The number of anilines is 1. The summed E-state index contributed by atoms with van der Waals surface area (Å²) in [5, 5.41) is 19.4. The van der Waals surface area contributed by atoms with E-state index in [1.54, 1.807) is 7.05 Å². The molecule has 3 unspecified atom stereocenters. The van der Waals surface area contributed by atoms with Gasteiger partial charge >= 0.3 is 5.69 Å². The standard InChI is InChI=1S/C24H21N5O5/c1-14-20(29(32)33)22(34-25-14)19-21(15-8-4-3-5-9-15)27-13-12-18(30)28(27)24(19)16-10-6-7-11-17(16)26(2)23(24)31/h3-11,19,21H,12-13H2,1-2H3. The second kappa shape index (κ2) is 6.97. The van der Waals surface area contributed by atoms with Crippen LogP contribution in [0.1, 0.15) is 41.0 Å². The molecular weight excluding hydrogens is 438 g/mol. The molecule has 0 aliphatic carbocycles. The van der Waals surface area contributed by atoms with Gasteiger partial charge < -0.3 is 9.42 Å². The molecule has 2 saturated heterocycles. The summed E-state index contributed by atoms with van der Waals surface area (Å²) in [5.74, 6) is -1.43. The zero-order valence-electron chi connectivity index (χ0n) is 18.5. The number of aryl methyl sites for hydroxylation is 1. The summed E-state index contributed by atoms with van der Waals surface area (Å²) in [6, 6.07) is 16.1. The van der Waals surface area contributed by atoms with E-state index >= 15 is 0 Å². The SMILES string of the molecule is Cc1noc(C2C(c3ccccc3)N3CCC(=O)N3C23C(=O)N(C)c2ccccc23)c1[N+](=O)[O-]. The zero-order chi connectivity index (χ0) is 23.8. The van der Waals surface area contributed by atoms with Gasteiger partial charge in [-0.25, -0.2) is 5.01 Å². The van der Waals surface area contributed by atoms with E-state index in [0.29, 0.717) is 17.8 Å². The molecule has 10 nitrogen and oxygen atoms in total. The number of carbonyl (C=O) groups is 2. The Hall–Kier alpha value is -4.05. The highest BCUT2D eigenvalue weighted by Crippen LogP contribution is 2.64. The van der Waals surface area contributed by atoms with Crippen molar-refractivity contribution in [2.45, 2.75) is 30.8 Å². The largest absolute Gasteiger partial charge is 0.353 e. The first-order chi connectivity index (χ1) is 16.4. The van der Waals surface area contributed by atoms with Crippen LogP contribution >= 0.6 is 0 Å². The van der Waals surface area contributed by atoms with Crippen molar-refractivity contribution in [1.82, 2.24) is 15.2 Å². The fourth-order valence-corrected chi connectivity index (χ4v) is 5.98. The van der Waals surface area contributed by atoms with Crippen LogP contribution in [0.2, 0.25) is 0 Å². The van der Waals surface area contributed by atoms with Crippen LogP contribution in [0.25, 0.3) is 0 Å². The molecule has 2 aromatic carbocycles. The van der Waals surface area contributed by atoms with Crippen molar-refractivity contribution in [1.29, 1.82) is 0 Å². The van der Waals surface area contributed by atoms with Crippen molar-refractivity contribution in [3.05, 3.63) is 87.3 Å². The van der Waals surface area contributed by atoms with Crippen molar-refractivity contribution in [3.8, 4) is 0 Å². The fraction of sp³-hybridized carbons (Fsp3) is 0.292. The van der Waals surface area contributed by atoms with Crippen molar-refractivity contribution >= 4 is 23.2 Å². The minimum atomic E-state index is -1.53. The molecule has 0 radical (unpaired) electrons. The number of para-hydroxylation sites is 1. The third kappa shape index (κ3) is 2.35. The smallest absolute Gasteiger partial charge is 0.334 e. The van der Waals surface area contributed by atoms with E-state index in [1.807, 2.05) is 59.6 Å². The van der Waals surface area contributed by atoms with Gasteiger partial charge in [-0.3, -0.25) is 24.7 Å². The summed E-state index contributed by atoms with van der Waals surface area (Å²) in [7, 11) is 1.66. The molecule has 3 aliphatic rings. The number of nitrogens with zero attached hydrogens (tertiary/aromatic N) is 5.